The number of hydrogen-bond acceptors (Lipinski definition) is 4. The third kappa shape index (κ3) is 5.11. The van der Waals surface area contributed by atoms with Gasteiger partial charge >= 0.3 is 17.8 Å². The molecule has 4 aromatic rings. The maximum Gasteiger partial charge on any atom is 0.422 e. The summed E-state index contributed by atoms with van der Waals surface area (Å²) < 4.78 is 51.8. The number of carbonyl (C=O) groups is 1. The van der Waals surface area contributed by atoms with Crippen molar-refractivity contribution >= 4 is 40.2 Å². The molecule has 0 aliphatic rings. The standard InChI is InChI=1S/C27H23Cl2F3N2O5/c1-14(26(38,27(30,31)32)16-5-9-22-23(11-16)34(3)25(37)33(22)2)19-8-7-18(13-21(19)29)39-17-6-4-15(10-24(35)36)20(28)12-17/h4-9,11-14,38H,10H2,1-3H3,(H,35,36)/t14-,26-/m1/s1. The van der Waals surface area contributed by atoms with E-state index in [1.54, 1.807) is 0 Å². The van der Waals surface area contributed by atoms with E-state index in [2.05, 4.69) is 0 Å². The lowest BCUT2D eigenvalue weighted by atomic mass is 9.77. The molecule has 0 saturated carbocycles. The van der Waals surface area contributed by atoms with Crippen LogP contribution in [-0.4, -0.2) is 31.5 Å². The number of benzene rings is 3. The number of imidazole rings is 1. The predicted molar refractivity (Wildman–Crippen MR) is 141 cm³/mol. The summed E-state index contributed by atoms with van der Waals surface area (Å²) in [6.07, 6.45) is -5.37. The summed E-state index contributed by atoms with van der Waals surface area (Å²) in [4.78, 5) is 23.2. The third-order valence-corrected chi connectivity index (χ3v) is 7.49. The van der Waals surface area contributed by atoms with Gasteiger partial charge in [-0.15, -0.1) is 0 Å². The number of fused-ring (bicyclic) bond motifs is 1. The Morgan fingerprint density at radius 1 is 0.949 bits per heavy atom. The summed E-state index contributed by atoms with van der Waals surface area (Å²) in [7, 11) is 2.94. The highest BCUT2D eigenvalue weighted by molar-refractivity contribution is 6.32. The smallest absolute Gasteiger partial charge is 0.422 e. The first-order valence-electron chi connectivity index (χ1n) is 11.6. The molecule has 39 heavy (non-hydrogen) atoms. The van der Waals surface area contributed by atoms with Crippen LogP contribution in [0.25, 0.3) is 11.0 Å². The Morgan fingerprint density at radius 2 is 1.54 bits per heavy atom. The zero-order valence-corrected chi connectivity index (χ0v) is 22.4. The van der Waals surface area contributed by atoms with Gasteiger partial charge in [0.2, 0.25) is 0 Å². The van der Waals surface area contributed by atoms with E-state index in [4.69, 9.17) is 33.0 Å². The Labute approximate surface area is 230 Å². The second kappa shape index (κ2) is 10.3. The highest BCUT2D eigenvalue weighted by Gasteiger charge is 2.59. The highest BCUT2D eigenvalue weighted by Crippen LogP contribution is 2.50. The van der Waals surface area contributed by atoms with Crippen LogP contribution in [0.4, 0.5) is 13.2 Å². The summed E-state index contributed by atoms with van der Waals surface area (Å²) in [6, 6.07) is 12.1. The lowest BCUT2D eigenvalue weighted by molar-refractivity contribution is -0.274. The van der Waals surface area contributed by atoms with Crippen molar-refractivity contribution in [3.63, 3.8) is 0 Å². The van der Waals surface area contributed by atoms with Crippen LogP contribution in [0.1, 0.15) is 29.5 Å². The van der Waals surface area contributed by atoms with Gasteiger partial charge in [-0.1, -0.05) is 48.3 Å². The van der Waals surface area contributed by atoms with E-state index in [1.165, 1.54) is 72.6 Å². The van der Waals surface area contributed by atoms with E-state index in [9.17, 15) is 27.9 Å². The van der Waals surface area contributed by atoms with Crippen LogP contribution < -0.4 is 10.4 Å². The number of hydrogen-bond donors (Lipinski definition) is 2. The molecule has 0 unspecified atom stereocenters. The van der Waals surface area contributed by atoms with E-state index in [0.717, 1.165) is 12.1 Å². The molecule has 0 saturated heterocycles. The van der Waals surface area contributed by atoms with E-state index < -0.39 is 34.9 Å². The van der Waals surface area contributed by atoms with Crippen LogP contribution in [0, 0.1) is 0 Å². The molecule has 0 aliphatic heterocycles. The van der Waals surface area contributed by atoms with Crippen molar-refractivity contribution in [1.29, 1.82) is 0 Å². The predicted octanol–water partition coefficient (Wildman–Crippen LogP) is 6.16. The quantitative estimate of drug-likeness (QED) is 0.272. The molecule has 2 N–H and O–H groups in total. The van der Waals surface area contributed by atoms with Gasteiger partial charge in [-0.25, -0.2) is 4.79 Å². The second-order valence-electron chi connectivity index (χ2n) is 9.20. The van der Waals surface area contributed by atoms with Gasteiger partial charge in [0.05, 0.1) is 17.5 Å². The number of halogens is 5. The van der Waals surface area contributed by atoms with Gasteiger partial charge in [-0.3, -0.25) is 13.9 Å². The summed E-state index contributed by atoms with van der Waals surface area (Å²) in [5, 5.41) is 20.3. The maximum atomic E-state index is 14.5. The molecular weight excluding hydrogens is 560 g/mol. The Bertz CT molecular complexity index is 1650. The van der Waals surface area contributed by atoms with Gasteiger partial charge in [0.25, 0.3) is 0 Å². The van der Waals surface area contributed by atoms with Gasteiger partial charge in [0.15, 0.2) is 5.60 Å². The topological polar surface area (TPSA) is 93.7 Å². The molecule has 7 nitrogen and oxygen atoms in total. The fourth-order valence-electron chi connectivity index (χ4n) is 4.58. The van der Waals surface area contributed by atoms with Gasteiger partial charge in [0, 0.05) is 30.1 Å². The van der Waals surface area contributed by atoms with E-state index >= 15 is 0 Å². The molecule has 206 valence electrons. The van der Waals surface area contributed by atoms with Gasteiger partial charge in [-0.2, -0.15) is 13.2 Å². The number of aromatic nitrogens is 2. The van der Waals surface area contributed by atoms with Gasteiger partial charge in [-0.05, 0) is 53.1 Å². The first kappa shape index (κ1) is 28.5. The molecule has 0 fully saturated rings. The molecule has 0 spiro atoms. The first-order chi connectivity index (χ1) is 18.1. The summed E-state index contributed by atoms with van der Waals surface area (Å²) in [6.45, 7) is 1.21. The van der Waals surface area contributed by atoms with E-state index in [-0.39, 0.29) is 39.0 Å². The van der Waals surface area contributed by atoms with Crippen LogP contribution in [0.3, 0.4) is 0 Å². The molecule has 12 heteroatoms. The molecule has 0 bridgehead atoms. The monoisotopic (exact) mass is 582 g/mol. The van der Waals surface area contributed by atoms with Crippen molar-refractivity contribution in [2.45, 2.75) is 31.0 Å². The molecule has 1 heterocycles. The summed E-state index contributed by atoms with van der Waals surface area (Å²) >= 11 is 12.5. The average Bonchev–Trinajstić information content (AvgIpc) is 3.07. The lowest BCUT2D eigenvalue weighted by Crippen LogP contribution is -2.46. The van der Waals surface area contributed by atoms with Crippen LogP contribution in [0.15, 0.2) is 59.4 Å². The van der Waals surface area contributed by atoms with Crippen molar-refractivity contribution in [2.24, 2.45) is 14.1 Å². The minimum atomic E-state index is -5.10. The number of alkyl halides is 3. The summed E-state index contributed by atoms with van der Waals surface area (Å²) in [5.74, 6) is -2.15. The number of nitrogens with zero attached hydrogens (tertiary/aromatic N) is 2. The van der Waals surface area contributed by atoms with Gasteiger partial charge < -0.3 is 14.9 Å². The molecule has 4 rings (SSSR count). The average molecular weight is 583 g/mol. The Kier molecular flexibility index (Phi) is 7.50. The number of carboxylic acids is 1. The number of carboxylic acid groups (broad SMARTS) is 1. The molecule has 2 atom stereocenters. The van der Waals surface area contributed by atoms with Crippen LogP contribution in [-0.2, 0) is 30.9 Å². The molecule has 0 aliphatic carbocycles. The third-order valence-electron chi connectivity index (χ3n) is 6.81. The van der Waals surface area contributed by atoms with E-state index in [0.29, 0.717) is 11.1 Å². The minimum Gasteiger partial charge on any atom is -0.481 e. The molecular formula is C27H23Cl2F3N2O5. The number of aliphatic hydroxyl groups is 1. The highest BCUT2D eigenvalue weighted by atomic mass is 35.5. The second-order valence-corrected chi connectivity index (χ2v) is 10.0. The van der Waals surface area contributed by atoms with Crippen LogP contribution in [0.5, 0.6) is 11.5 Å². The largest absolute Gasteiger partial charge is 0.481 e. The zero-order valence-electron chi connectivity index (χ0n) is 20.9. The fraction of sp³-hybridized carbons (Fsp3) is 0.259. The molecule has 3 aromatic carbocycles. The summed E-state index contributed by atoms with van der Waals surface area (Å²) in [5.41, 5.74) is -3.14. The molecule has 1 aromatic heterocycles. The molecule has 0 amide bonds. The molecule has 0 radical (unpaired) electrons. The Balaban J connectivity index is 1.69. The zero-order chi connectivity index (χ0) is 28.9. The number of ether oxygens (including phenoxy) is 1. The lowest BCUT2D eigenvalue weighted by Gasteiger charge is -2.37. The van der Waals surface area contributed by atoms with Crippen molar-refractivity contribution in [2.75, 3.05) is 0 Å². The van der Waals surface area contributed by atoms with Crippen molar-refractivity contribution in [1.82, 2.24) is 9.13 Å². The van der Waals surface area contributed by atoms with E-state index in [1.807, 2.05) is 0 Å². The van der Waals surface area contributed by atoms with Crippen molar-refractivity contribution < 1.29 is 32.9 Å². The normalized spacial score (nSPS) is 14.3. The SMILES string of the molecule is C[C@H](c1ccc(Oc2ccc(CC(=O)O)c(Cl)c2)cc1Cl)[C@@](O)(c1ccc2c(c1)n(C)c(=O)n2C)C(F)(F)F. The number of rotatable bonds is 7. The van der Waals surface area contributed by atoms with Gasteiger partial charge in [0.1, 0.15) is 11.5 Å². The Hall–Kier alpha value is -3.47. The minimum absolute atomic E-state index is 0.0146. The number of aryl methyl sites for hydroxylation is 2. The first-order valence-corrected chi connectivity index (χ1v) is 12.3. The number of aliphatic carboxylic acids is 1. The maximum absolute atomic E-state index is 14.5. The van der Waals surface area contributed by atoms with Crippen molar-refractivity contribution in [3.05, 3.63) is 91.8 Å². The Morgan fingerprint density at radius 3 is 2.10 bits per heavy atom. The van der Waals surface area contributed by atoms with Crippen LogP contribution in [0.2, 0.25) is 10.0 Å². The van der Waals surface area contributed by atoms with Crippen molar-refractivity contribution in [3.8, 4) is 11.5 Å². The van der Waals surface area contributed by atoms with Crippen LogP contribution >= 0.6 is 23.2 Å². The fourth-order valence-corrected chi connectivity index (χ4v) is 5.16.